The number of hydrogen-bond donors (Lipinski definition) is 1. The normalized spacial score (nSPS) is 10.7. The second kappa shape index (κ2) is 6.84. The molecule has 116 valence electrons. The van der Waals surface area contributed by atoms with Gasteiger partial charge in [-0.1, -0.05) is 15.9 Å². The van der Waals surface area contributed by atoms with Gasteiger partial charge in [-0.3, -0.25) is 9.59 Å². The minimum absolute atomic E-state index is 0.0596. The molecule has 0 fully saturated rings. The fraction of sp³-hybridized carbons (Fsp3) is 0.0588. The van der Waals surface area contributed by atoms with Crippen molar-refractivity contribution in [2.24, 2.45) is 0 Å². The SMILES string of the molecule is O=C(Cn1ccc(=O)c2cc(Br)ccc21)Nc1ccc(I)cc1. The zero-order valence-electron chi connectivity index (χ0n) is 11.9. The van der Waals surface area contributed by atoms with E-state index in [9.17, 15) is 9.59 Å². The summed E-state index contributed by atoms with van der Waals surface area (Å²) in [6, 6.07) is 14.5. The Morgan fingerprint density at radius 3 is 2.61 bits per heavy atom. The summed E-state index contributed by atoms with van der Waals surface area (Å²) in [5.74, 6) is -0.140. The smallest absolute Gasteiger partial charge is 0.244 e. The third-order valence-corrected chi connectivity index (χ3v) is 4.59. The van der Waals surface area contributed by atoms with E-state index in [1.165, 1.54) is 6.07 Å². The number of hydrogen-bond acceptors (Lipinski definition) is 2. The molecule has 3 rings (SSSR count). The highest BCUT2D eigenvalue weighted by Crippen LogP contribution is 2.17. The van der Waals surface area contributed by atoms with Crippen LogP contribution in [-0.4, -0.2) is 10.5 Å². The van der Waals surface area contributed by atoms with Gasteiger partial charge >= 0.3 is 0 Å². The molecule has 0 unspecified atom stereocenters. The van der Waals surface area contributed by atoms with Crippen LogP contribution in [0.15, 0.2) is 64.0 Å². The molecule has 1 N–H and O–H groups in total. The monoisotopic (exact) mass is 482 g/mol. The van der Waals surface area contributed by atoms with E-state index in [-0.39, 0.29) is 17.9 Å². The lowest BCUT2D eigenvalue weighted by Gasteiger charge is -2.11. The van der Waals surface area contributed by atoms with Crippen LogP contribution in [0.2, 0.25) is 0 Å². The van der Waals surface area contributed by atoms with Crippen molar-refractivity contribution in [3.8, 4) is 0 Å². The highest BCUT2D eigenvalue weighted by Gasteiger charge is 2.08. The highest BCUT2D eigenvalue weighted by atomic mass is 127. The number of carbonyl (C=O) groups excluding carboxylic acids is 1. The molecule has 23 heavy (non-hydrogen) atoms. The second-order valence-corrected chi connectivity index (χ2v) is 7.19. The van der Waals surface area contributed by atoms with E-state index in [4.69, 9.17) is 0 Å². The molecule has 6 heteroatoms. The average molecular weight is 483 g/mol. The molecule has 0 aliphatic heterocycles. The predicted molar refractivity (Wildman–Crippen MR) is 104 cm³/mol. The zero-order valence-corrected chi connectivity index (χ0v) is 15.7. The molecule has 1 heterocycles. The van der Waals surface area contributed by atoms with Gasteiger partial charge in [0, 0.05) is 31.4 Å². The molecule has 0 radical (unpaired) electrons. The first-order valence-corrected chi connectivity index (χ1v) is 8.74. The molecule has 0 spiro atoms. The van der Waals surface area contributed by atoms with Gasteiger partial charge in [-0.05, 0) is 65.1 Å². The summed E-state index contributed by atoms with van der Waals surface area (Å²) in [4.78, 5) is 24.2. The van der Waals surface area contributed by atoms with Crippen molar-refractivity contribution in [3.05, 3.63) is 73.0 Å². The summed E-state index contributed by atoms with van der Waals surface area (Å²) in [6.07, 6.45) is 1.64. The molecule has 0 saturated carbocycles. The second-order valence-electron chi connectivity index (χ2n) is 5.02. The third kappa shape index (κ3) is 3.81. The van der Waals surface area contributed by atoms with Crippen molar-refractivity contribution in [1.29, 1.82) is 0 Å². The van der Waals surface area contributed by atoms with Crippen molar-refractivity contribution < 1.29 is 4.79 Å². The lowest BCUT2D eigenvalue weighted by molar-refractivity contribution is -0.116. The Balaban J connectivity index is 1.86. The lowest BCUT2D eigenvalue weighted by Crippen LogP contribution is -2.20. The van der Waals surface area contributed by atoms with Crippen LogP contribution < -0.4 is 10.7 Å². The largest absolute Gasteiger partial charge is 0.338 e. The maximum Gasteiger partial charge on any atom is 0.244 e. The summed E-state index contributed by atoms with van der Waals surface area (Å²) in [6.45, 7) is 0.143. The number of pyridine rings is 1. The van der Waals surface area contributed by atoms with E-state index >= 15 is 0 Å². The van der Waals surface area contributed by atoms with E-state index in [0.717, 1.165) is 19.2 Å². The van der Waals surface area contributed by atoms with Gasteiger partial charge < -0.3 is 9.88 Å². The molecular weight excluding hydrogens is 471 g/mol. The Morgan fingerprint density at radius 2 is 1.87 bits per heavy atom. The van der Waals surface area contributed by atoms with Crippen molar-refractivity contribution in [3.63, 3.8) is 0 Å². The fourth-order valence-corrected chi connectivity index (χ4v) is 3.03. The molecular formula is C17H12BrIN2O2. The van der Waals surface area contributed by atoms with E-state index in [1.54, 1.807) is 16.8 Å². The van der Waals surface area contributed by atoms with Crippen molar-refractivity contribution in [2.45, 2.75) is 6.54 Å². The lowest BCUT2D eigenvalue weighted by atomic mass is 10.2. The van der Waals surface area contributed by atoms with Crippen LogP contribution >= 0.6 is 38.5 Å². The van der Waals surface area contributed by atoms with Gasteiger partial charge in [0.05, 0.1) is 5.52 Å². The van der Waals surface area contributed by atoms with Gasteiger partial charge in [0.15, 0.2) is 5.43 Å². The van der Waals surface area contributed by atoms with Gasteiger partial charge in [0.25, 0.3) is 0 Å². The first-order valence-electron chi connectivity index (χ1n) is 6.87. The van der Waals surface area contributed by atoms with Crippen LogP contribution in [0, 0.1) is 3.57 Å². The van der Waals surface area contributed by atoms with Gasteiger partial charge in [-0.2, -0.15) is 0 Å². The minimum Gasteiger partial charge on any atom is -0.338 e. The Morgan fingerprint density at radius 1 is 1.13 bits per heavy atom. The zero-order chi connectivity index (χ0) is 16.4. The van der Waals surface area contributed by atoms with Gasteiger partial charge in [0.1, 0.15) is 6.54 Å². The number of aromatic nitrogens is 1. The Hall–Kier alpha value is -1.67. The van der Waals surface area contributed by atoms with Gasteiger partial charge in [-0.15, -0.1) is 0 Å². The summed E-state index contributed by atoms with van der Waals surface area (Å²) in [5, 5.41) is 3.44. The van der Waals surface area contributed by atoms with Crippen LogP contribution in [0.4, 0.5) is 5.69 Å². The number of benzene rings is 2. The number of anilines is 1. The Labute approximate surface area is 154 Å². The average Bonchev–Trinajstić information content (AvgIpc) is 2.52. The maximum atomic E-state index is 12.2. The molecule has 0 bridgehead atoms. The molecule has 4 nitrogen and oxygen atoms in total. The van der Waals surface area contributed by atoms with E-state index in [0.29, 0.717) is 5.39 Å². The Kier molecular flexibility index (Phi) is 4.82. The molecule has 1 amide bonds. The first-order chi connectivity index (χ1) is 11.0. The molecule has 3 aromatic rings. The Bertz CT molecular complexity index is 935. The minimum atomic E-state index is -0.140. The predicted octanol–water partition coefficient (Wildman–Crippen LogP) is 4.01. The number of fused-ring (bicyclic) bond motifs is 1. The number of rotatable bonds is 3. The van der Waals surface area contributed by atoms with Crippen molar-refractivity contribution in [1.82, 2.24) is 4.57 Å². The molecule has 2 aromatic carbocycles. The molecule has 1 aromatic heterocycles. The standard InChI is InChI=1S/C17H12BrIN2O2/c18-11-1-6-15-14(9-11)16(22)7-8-21(15)10-17(23)20-13-4-2-12(19)3-5-13/h1-9H,10H2,(H,20,23). The molecule has 0 atom stereocenters. The number of nitrogens with one attached hydrogen (secondary N) is 1. The topological polar surface area (TPSA) is 51.1 Å². The quantitative estimate of drug-likeness (QED) is 0.573. The fourth-order valence-electron chi connectivity index (χ4n) is 2.31. The van der Waals surface area contributed by atoms with Gasteiger partial charge in [-0.25, -0.2) is 0 Å². The van der Waals surface area contributed by atoms with Crippen LogP contribution in [-0.2, 0) is 11.3 Å². The van der Waals surface area contributed by atoms with Gasteiger partial charge in [0.2, 0.25) is 5.91 Å². The van der Waals surface area contributed by atoms with E-state index in [1.807, 2.05) is 36.4 Å². The molecule has 0 aliphatic rings. The van der Waals surface area contributed by atoms with Crippen LogP contribution in [0.25, 0.3) is 10.9 Å². The van der Waals surface area contributed by atoms with Crippen LogP contribution in [0.3, 0.4) is 0 Å². The summed E-state index contributed by atoms with van der Waals surface area (Å²) >= 11 is 5.58. The number of halogens is 2. The number of nitrogens with zero attached hydrogens (tertiary/aromatic N) is 1. The number of carbonyl (C=O) groups is 1. The number of amides is 1. The van der Waals surface area contributed by atoms with E-state index in [2.05, 4.69) is 43.8 Å². The third-order valence-electron chi connectivity index (χ3n) is 3.38. The van der Waals surface area contributed by atoms with Crippen molar-refractivity contribution >= 4 is 61.0 Å². The van der Waals surface area contributed by atoms with Crippen LogP contribution in [0.1, 0.15) is 0 Å². The van der Waals surface area contributed by atoms with E-state index < -0.39 is 0 Å². The van der Waals surface area contributed by atoms with Crippen molar-refractivity contribution in [2.75, 3.05) is 5.32 Å². The highest BCUT2D eigenvalue weighted by molar-refractivity contribution is 14.1. The summed E-state index contributed by atoms with van der Waals surface area (Å²) < 4.78 is 3.71. The first kappa shape index (κ1) is 16.2. The summed E-state index contributed by atoms with van der Waals surface area (Å²) in [5.41, 5.74) is 1.43. The summed E-state index contributed by atoms with van der Waals surface area (Å²) in [7, 11) is 0. The molecule has 0 saturated heterocycles. The van der Waals surface area contributed by atoms with Crippen LogP contribution in [0.5, 0.6) is 0 Å². The maximum absolute atomic E-state index is 12.2. The molecule has 0 aliphatic carbocycles.